The molecule has 152 valence electrons. The third kappa shape index (κ3) is 7.75. The Kier molecular flexibility index (Phi) is 10.4. The molecule has 0 aliphatic carbocycles. The third-order valence-electron chi connectivity index (χ3n) is 4.09. The average Bonchev–Trinajstić information content (AvgIpc) is 2.66. The first-order valence-electron chi connectivity index (χ1n) is 8.96. The zero-order chi connectivity index (χ0) is 19.6. The monoisotopic (exact) mass is 496 g/mol. The van der Waals surface area contributed by atoms with E-state index in [0.717, 1.165) is 35.9 Å². The predicted octanol–water partition coefficient (Wildman–Crippen LogP) is 3.49. The van der Waals surface area contributed by atoms with Gasteiger partial charge in [0.1, 0.15) is 5.75 Å². The highest BCUT2D eigenvalue weighted by molar-refractivity contribution is 14.0. The van der Waals surface area contributed by atoms with Crippen molar-refractivity contribution >= 4 is 41.5 Å². The highest BCUT2D eigenvalue weighted by atomic mass is 127. The van der Waals surface area contributed by atoms with Crippen molar-refractivity contribution in [2.45, 2.75) is 26.8 Å². The summed E-state index contributed by atoms with van der Waals surface area (Å²) in [5.74, 6) is 1.55. The second-order valence-electron chi connectivity index (χ2n) is 6.30. The molecule has 0 spiro atoms. The van der Waals surface area contributed by atoms with Crippen molar-refractivity contribution in [3.8, 4) is 5.75 Å². The molecule has 0 aromatic heterocycles. The van der Waals surface area contributed by atoms with Gasteiger partial charge in [0, 0.05) is 38.3 Å². The largest absolute Gasteiger partial charge is 0.496 e. The number of aliphatic imine (C=N–C) groups is 1. The van der Waals surface area contributed by atoms with Crippen LogP contribution >= 0.6 is 24.0 Å². The molecule has 1 amide bonds. The van der Waals surface area contributed by atoms with Gasteiger partial charge in [-0.3, -0.25) is 9.79 Å². The Morgan fingerprint density at radius 1 is 1.11 bits per heavy atom. The number of guanidine groups is 1. The lowest BCUT2D eigenvalue weighted by Crippen LogP contribution is -2.37. The second kappa shape index (κ2) is 12.2. The number of halogens is 1. The smallest absolute Gasteiger partial charge is 0.221 e. The van der Waals surface area contributed by atoms with E-state index in [1.54, 1.807) is 14.2 Å². The maximum Gasteiger partial charge on any atom is 0.221 e. The van der Waals surface area contributed by atoms with Crippen LogP contribution in [-0.2, 0) is 17.8 Å². The van der Waals surface area contributed by atoms with Crippen LogP contribution < -0.4 is 20.7 Å². The van der Waals surface area contributed by atoms with Gasteiger partial charge in [0.05, 0.1) is 7.11 Å². The van der Waals surface area contributed by atoms with Crippen LogP contribution in [0.15, 0.2) is 47.5 Å². The van der Waals surface area contributed by atoms with Gasteiger partial charge < -0.3 is 20.7 Å². The number of nitrogens with one attached hydrogen (secondary N) is 3. The molecule has 0 unspecified atom stereocenters. The highest BCUT2D eigenvalue weighted by Crippen LogP contribution is 2.19. The Labute approximate surface area is 184 Å². The van der Waals surface area contributed by atoms with Crippen molar-refractivity contribution in [3.05, 3.63) is 59.2 Å². The van der Waals surface area contributed by atoms with E-state index < -0.39 is 0 Å². The van der Waals surface area contributed by atoms with Gasteiger partial charge in [-0.2, -0.15) is 0 Å². The van der Waals surface area contributed by atoms with Crippen LogP contribution in [0.4, 0.5) is 5.69 Å². The molecular weight excluding hydrogens is 467 g/mol. The molecular formula is C21H29IN4O2. The summed E-state index contributed by atoms with van der Waals surface area (Å²) in [5, 5.41) is 9.39. The topological polar surface area (TPSA) is 74.8 Å². The van der Waals surface area contributed by atoms with Gasteiger partial charge in [-0.1, -0.05) is 24.3 Å². The number of carbonyl (C=O) groups excluding carboxylic acids is 1. The maximum atomic E-state index is 11.0. The molecule has 0 aliphatic heterocycles. The normalized spacial score (nSPS) is 10.6. The Bertz CT molecular complexity index is 791. The average molecular weight is 496 g/mol. The fraction of sp³-hybridized carbons (Fsp3) is 0.333. The minimum atomic E-state index is -0.0653. The number of rotatable bonds is 7. The highest BCUT2D eigenvalue weighted by Gasteiger charge is 2.05. The van der Waals surface area contributed by atoms with Gasteiger partial charge in [-0.15, -0.1) is 24.0 Å². The van der Waals surface area contributed by atoms with Crippen molar-refractivity contribution in [2.75, 3.05) is 26.0 Å². The van der Waals surface area contributed by atoms with E-state index in [4.69, 9.17) is 4.74 Å². The van der Waals surface area contributed by atoms with Crippen molar-refractivity contribution in [3.63, 3.8) is 0 Å². The van der Waals surface area contributed by atoms with E-state index in [2.05, 4.69) is 33.1 Å². The molecule has 3 N–H and O–H groups in total. The van der Waals surface area contributed by atoms with Gasteiger partial charge in [-0.05, 0) is 42.7 Å². The fourth-order valence-electron chi connectivity index (χ4n) is 2.68. The number of carbonyl (C=O) groups is 1. The fourth-order valence-corrected chi connectivity index (χ4v) is 2.68. The van der Waals surface area contributed by atoms with Crippen molar-refractivity contribution in [2.24, 2.45) is 4.99 Å². The van der Waals surface area contributed by atoms with E-state index in [0.29, 0.717) is 6.54 Å². The van der Waals surface area contributed by atoms with E-state index in [-0.39, 0.29) is 29.9 Å². The first-order valence-corrected chi connectivity index (χ1v) is 8.96. The molecule has 0 aliphatic rings. The quantitative estimate of drug-likeness (QED) is 0.312. The molecule has 2 aromatic rings. The van der Waals surface area contributed by atoms with Crippen LogP contribution in [0.2, 0.25) is 0 Å². The number of nitrogens with zero attached hydrogens (tertiary/aromatic N) is 1. The van der Waals surface area contributed by atoms with Gasteiger partial charge in [0.2, 0.25) is 5.91 Å². The lowest BCUT2D eigenvalue weighted by molar-refractivity contribution is -0.114. The zero-order valence-corrected chi connectivity index (χ0v) is 19.2. The van der Waals surface area contributed by atoms with Crippen LogP contribution in [0.5, 0.6) is 5.75 Å². The maximum absolute atomic E-state index is 11.0. The Morgan fingerprint density at radius 2 is 1.82 bits per heavy atom. The molecule has 2 rings (SSSR count). The number of amides is 1. The molecule has 6 nitrogen and oxygen atoms in total. The summed E-state index contributed by atoms with van der Waals surface area (Å²) in [6, 6.07) is 14.0. The molecule has 0 saturated carbocycles. The molecule has 0 fully saturated rings. The number of anilines is 1. The van der Waals surface area contributed by atoms with E-state index >= 15 is 0 Å². The van der Waals surface area contributed by atoms with Crippen molar-refractivity contribution < 1.29 is 9.53 Å². The molecule has 28 heavy (non-hydrogen) atoms. The molecule has 0 saturated heterocycles. The Morgan fingerprint density at radius 3 is 2.43 bits per heavy atom. The van der Waals surface area contributed by atoms with Crippen molar-refractivity contribution in [1.82, 2.24) is 10.6 Å². The molecule has 0 atom stereocenters. The summed E-state index contributed by atoms with van der Waals surface area (Å²) in [6.07, 6.45) is 0.856. The minimum Gasteiger partial charge on any atom is -0.496 e. The molecule has 0 radical (unpaired) electrons. The summed E-state index contributed by atoms with van der Waals surface area (Å²) in [5.41, 5.74) is 4.25. The van der Waals surface area contributed by atoms with Gasteiger partial charge in [-0.25, -0.2) is 0 Å². The van der Waals surface area contributed by atoms with Crippen LogP contribution in [-0.4, -0.2) is 32.6 Å². The first kappa shape index (κ1) is 23.7. The summed E-state index contributed by atoms with van der Waals surface area (Å²) >= 11 is 0. The second-order valence-corrected chi connectivity index (χ2v) is 6.30. The predicted molar refractivity (Wildman–Crippen MR) is 126 cm³/mol. The van der Waals surface area contributed by atoms with Gasteiger partial charge in [0.15, 0.2) is 5.96 Å². The zero-order valence-electron chi connectivity index (χ0n) is 16.8. The van der Waals surface area contributed by atoms with Crippen LogP contribution in [0.1, 0.15) is 23.6 Å². The minimum absolute atomic E-state index is 0. The van der Waals surface area contributed by atoms with Gasteiger partial charge >= 0.3 is 0 Å². The number of hydrogen-bond acceptors (Lipinski definition) is 3. The van der Waals surface area contributed by atoms with Crippen LogP contribution in [0, 0.1) is 6.92 Å². The van der Waals surface area contributed by atoms with Crippen LogP contribution in [0.25, 0.3) is 0 Å². The van der Waals surface area contributed by atoms with Crippen LogP contribution in [0.3, 0.4) is 0 Å². The number of benzene rings is 2. The molecule has 2 aromatic carbocycles. The lowest BCUT2D eigenvalue weighted by Gasteiger charge is -2.14. The SMILES string of the molecule is CN=C(NCCc1ccc(NC(C)=O)cc1)NCc1ccc(C)cc1OC.I. The Hall–Kier alpha value is -2.29. The molecule has 7 heteroatoms. The summed E-state index contributed by atoms with van der Waals surface area (Å²) in [6.45, 7) is 4.93. The molecule has 0 heterocycles. The van der Waals surface area contributed by atoms with Gasteiger partial charge in [0.25, 0.3) is 0 Å². The standard InChI is InChI=1S/C21H28N4O2.HI/c1-15-5-8-18(20(13-15)27-4)14-24-21(22-3)23-12-11-17-6-9-19(10-7-17)25-16(2)26;/h5-10,13H,11-12,14H2,1-4H3,(H,25,26)(H2,22,23,24);1H. The number of methoxy groups -OCH3 is 1. The third-order valence-corrected chi connectivity index (χ3v) is 4.09. The molecule has 0 bridgehead atoms. The van der Waals surface area contributed by atoms with E-state index in [1.807, 2.05) is 37.3 Å². The van der Waals surface area contributed by atoms with E-state index in [1.165, 1.54) is 18.1 Å². The number of ether oxygens (including phenoxy) is 1. The summed E-state index contributed by atoms with van der Waals surface area (Å²) < 4.78 is 5.44. The Balaban J connectivity index is 0.00000392. The summed E-state index contributed by atoms with van der Waals surface area (Å²) in [4.78, 5) is 15.3. The first-order chi connectivity index (χ1) is 13.0. The lowest BCUT2D eigenvalue weighted by atomic mass is 10.1. The van der Waals surface area contributed by atoms with E-state index in [9.17, 15) is 4.79 Å². The van der Waals surface area contributed by atoms with Crippen molar-refractivity contribution in [1.29, 1.82) is 0 Å². The number of hydrogen-bond donors (Lipinski definition) is 3. The summed E-state index contributed by atoms with van der Waals surface area (Å²) in [7, 11) is 3.44. The number of aryl methyl sites for hydroxylation is 1.